The van der Waals surface area contributed by atoms with Crippen LogP contribution in [0.1, 0.15) is 37.8 Å². The van der Waals surface area contributed by atoms with Crippen molar-refractivity contribution in [3.63, 3.8) is 0 Å². The standard InChI is InChI=1S/C26H35FN2O5/c1-25(2,18-30)17-28-24(31)29(3)22-7-5-19(6-8-22)16-34-23-14-20(13-21(27)15-23)26(32-4)9-11-33-12-10-26/h5-8,13-15,30H,9-12,16-18H2,1-4H3,(H,28,31). The molecule has 1 heterocycles. The lowest BCUT2D eigenvalue weighted by Crippen LogP contribution is -2.42. The van der Waals surface area contributed by atoms with Gasteiger partial charge in [-0.25, -0.2) is 9.18 Å². The van der Waals surface area contributed by atoms with Gasteiger partial charge >= 0.3 is 6.03 Å². The molecule has 7 nitrogen and oxygen atoms in total. The van der Waals surface area contributed by atoms with E-state index in [9.17, 15) is 14.3 Å². The number of methoxy groups -OCH3 is 1. The summed E-state index contributed by atoms with van der Waals surface area (Å²) in [6.45, 7) is 5.50. The van der Waals surface area contributed by atoms with Gasteiger partial charge in [-0.1, -0.05) is 26.0 Å². The number of halogens is 1. The molecule has 8 heteroatoms. The SMILES string of the molecule is COC1(c2cc(F)cc(OCc3ccc(N(C)C(=O)NCC(C)(C)CO)cc3)c2)CCOCC1. The van der Waals surface area contributed by atoms with Crippen LogP contribution in [0.4, 0.5) is 14.9 Å². The summed E-state index contributed by atoms with van der Waals surface area (Å²) >= 11 is 0. The number of carbonyl (C=O) groups excluding carboxylic acids is 1. The monoisotopic (exact) mass is 474 g/mol. The second-order valence-electron chi connectivity index (χ2n) is 9.48. The Bertz CT molecular complexity index is 958. The fourth-order valence-corrected chi connectivity index (χ4v) is 3.81. The van der Waals surface area contributed by atoms with Crippen molar-refractivity contribution in [1.82, 2.24) is 5.32 Å². The third-order valence-corrected chi connectivity index (χ3v) is 6.27. The third kappa shape index (κ3) is 6.46. The van der Waals surface area contributed by atoms with Crippen LogP contribution in [0.15, 0.2) is 42.5 Å². The Kier molecular flexibility index (Phi) is 8.52. The molecule has 0 aliphatic carbocycles. The Balaban J connectivity index is 1.62. The maximum atomic E-state index is 14.4. The molecule has 1 aliphatic heterocycles. The van der Waals surface area contributed by atoms with Gasteiger partial charge in [0.15, 0.2) is 0 Å². The number of nitrogens with zero attached hydrogens (tertiary/aromatic N) is 1. The van der Waals surface area contributed by atoms with Crippen molar-refractivity contribution in [2.75, 3.05) is 45.4 Å². The Morgan fingerprint density at radius 1 is 1.21 bits per heavy atom. The van der Waals surface area contributed by atoms with E-state index < -0.39 is 5.60 Å². The zero-order valence-electron chi connectivity index (χ0n) is 20.4. The summed E-state index contributed by atoms with van der Waals surface area (Å²) in [6, 6.07) is 11.8. The summed E-state index contributed by atoms with van der Waals surface area (Å²) in [5.74, 6) is 0.0627. The van der Waals surface area contributed by atoms with E-state index in [2.05, 4.69) is 5.32 Å². The predicted molar refractivity (Wildman–Crippen MR) is 129 cm³/mol. The summed E-state index contributed by atoms with van der Waals surface area (Å²) < 4.78 is 31.5. The van der Waals surface area contributed by atoms with Gasteiger partial charge in [-0.3, -0.25) is 4.90 Å². The van der Waals surface area contributed by atoms with Crippen molar-refractivity contribution < 1.29 is 28.5 Å². The van der Waals surface area contributed by atoms with E-state index in [0.717, 1.165) is 16.8 Å². The predicted octanol–water partition coefficient (Wildman–Crippen LogP) is 4.22. The zero-order valence-corrected chi connectivity index (χ0v) is 20.4. The van der Waals surface area contributed by atoms with E-state index in [1.807, 2.05) is 44.2 Å². The van der Waals surface area contributed by atoms with Crippen molar-refractivity contribution in [3.8, 4) is 5.75 Å². The number of aliphatic hydroxyl groups excluding tert-OH is 1. The van der Waals surface area contributed by atoms with Crippen molar-refractivity contribution >= 4 is 11.7 Å². The lowest BCUT2D eigenvalue weighted by molar-refractivity contribution is -0.0950. The minimum Gasteiger partial charge on any atom is -0.489 e. The smallest absolute Gasteiger partial charge is 0.321 e. The second kappa shape index (κ2) is 11.2. The fourth-order valence-electron chi connectivity index (χ4n) is 3.81. The van der Waals surface area contributed by atoms with Crippen LogP contribution < -0.4 is 15.0 Å². The molecule has 0 saturated carbocycles. The minimum absolute atomic E-state index is 0.0145. The normalized spacial score (nSPS) is 15.6. The van der Waals surface area contributed by atoms with Crippen molar-refractivity contribution in [3.05, 3.63) is 59.4 Å². The highest BCUT2D eigenvalue weighted by atomic mass is 19.1. The summed E-state index contributed by atoms with van der Waals surface area (Å²) in [5, 5.41) is 12.2. The number of amides is 2. The molecule has 2 N–H and O–H groups in total. The number of aliphatic hydroxyl groups is 1. The van der Waals surface area contributed by atoms with Crippen LogP contribution in [-0.2, 0) is 21.7 Å². The molecule has 34 heavy (non-hydrogen) atoms. The van der Waals surface area contributed by atoms with E-state index >= 15 is 0 Å². The zero-order chi connectivity index (χ0) is 24.8. The first-order valence-electron chi connectivity index (χ1n) is 11.5. The van der Waals surface area contributed by atoms with E-state index in [4.69, 9.17) is 14.2 Å². The van der Waals surface area contributed by atoms with Gasteiger partial charge < -0.3 is 24.6 Å². The molecule has 0 unspecified atom stereocenters. The number of nitrogens with one attached hydrogen (secondary N) is 1. The first-order valence-corrected chi connectivity index (χ1v) is 11.5. The molecule has 0 spiro atoms. The highest BCUT2D eigenvalue weighted by Gasteiger charge is 2.35. The highest BCUT2D eigenvalue weighted by molar-refractivity contribution is 5.91. The molecule has 0 radical (unpaired) electrons. The van der Waals surface area contributed by atoms with Crippen molar-refractivity contribution in [1.29, 1.82) is 0 Å². The van der Waals surface area contributed by atoms with Gasteiger partial charge in [0.25, 0.3) is 0 Å². The van der Waals surface area contributed by atoms with Gasteiger partial charge in [-0.05, 0) is 35.4 Å². The average Bonchev–Trinajstić information content (AvgIpc) is 2.86. The van der Waals surface area contributed by atoms with Crippen LogP contribution in [-0.4, -0.2) is 51.7 Å². The topological polar surface area (TPSA) is 80.3 Å². The summed E-state index contributed by atoms with van der Waals surface area (Å²) in [4.78, 5) is 13.9. The number of anilines is 1. The van der Waals surface area contributed by atoms with Crippen molar-refractivity contribution in [2.45, 2.75) is 38.9 Å². The second-order valence-corrected chi connectivity index (χ2v) is 9.48. The van der Waals surface area contributed by atoms with Gasteiger partial charge in [0, 0.05) is 70.5 Å². The van der Waals surface area contributed by atoms with Gasteiger partial charge in [0.05, 0.1) is 5.60 Å². The molecule has 3 rings (SSSR count). The van der Waals surface area contributed by atoms with E-state index in [1.165, 1.54) is 17.0 Å². The van der Waals surface area contributed by atoms with Gasteiger partial charge in [0.2, 0.25) is 0 Å². The van der Waals surface area contributed by atoms with Crippen LogP contribution >= 0.6 is 0 Å². The number of carbonyl (C=O) groups is 1. The molecule has 186 valence electrons. The van der Waals surface area contributed by atoms with Crippen LogP contribution in [0.5, 0.6) is 5.75 Å². The highest BCUT2D eigenvalue weighted by Crippen LogP contribution is 2.37. The lowest BCUT2D eigenvalue weighted by atomic mass is 9.86. The molecule has 1 saturated heterocycles. The summed E-state index contributed by atoms with van der Waals surface area (Å²) in [6.07, 6.45) is 1.32. The van der Waals surface area contributed by atoms with E-state index in [0.29, 0.717) is 38.3 Å². The average molecular weight is 475 g/mol. The molecule has 2 amide bonds. The number of benzene rings is 2. The van der Waals surface area contributed by atoms with Crippen LogP contribution in [0, 0.1) is 11.2 Å². The first-order chi connectivity index (χ1) is 16.2. The first kappa shape index (κ1) is 25.9. The maximum absolute atomic E-state index is 14.4. The number of ether oxygens (including phenoxy) is 3. The molecule has 1 aliphatic rings. The van der Waals surface area contributed by atoms with Crippen LogP contribution in [0.25, 0.3) is 0 Å². The van der Waals surface area contributed by atoms with Gasteiger partial charge in [-0.2, -0.15) is 0 Å². The Labute approximate surface area is 200 Å². The molecular weight excluding hydrogens is 439 g/mol. The molecule has 0 bridgehead atoms. The fraction of sp³-hybridized carbons (Fsp3) is 0.500. The third-order valence-electron chi connectivity index (χ3n) is 6.27. The molecular formula is C26H35FN2O5. The van der Waals surface area contributed by atoms with E-state index in [1.54, 1.807) is 14.2 Å². The van der Waals surface area contributed by atoms with Gasteiger partial charge in [-0.15, -0.1) is 0 Å². The summed E-state index contributed by atoms with van der Waals surface area (Å²) in [7, 11) is 3.33. The number of urea groups is 1. The van der Waals surface area contributed by atoms with Gasteiger partial charge in [0.1, 0.15) is 18.2 Å². The summed E-state index contributed by atoms with van der Waals surface area (Å²) in [5.41, 5.74) is 1.40. The number of rotatable bonds is 9. The molecule has 1 fully saturated rings. The largest absolute Gasteiger partial charge is 0.489 e. The molecule has 0 atom stereocenters. The molecule has 0 aromatic heterocycles. The quantitative estimate of drug-likeness (QED) is 0.569. The maximum Gasteiger partial charge on any atom is 0.321 e. The minimum atomic E-state index is -0.572. The van der Waals surface area contributed by atoms with E-state index in [-0.39, 0.29) is 30.5 Å². The lowest BCUT2D eigenvalue weighted by Gasteiger charge is -2.36. The Hall–Kier alpha value is -2.68. The Morgan fingerprint density at radius 2 is 1.88 bits per heavy atom. The van der Waals surface area contributed by atoms with Crippen molar-refractivity contribution in [2.24, 2.45) is 5.41 Å². The molecule has 2 aromatic rings. The van der Waals surface area contributed by atoms with Crippen LogP contribution in [0.2, 0.25) is 0 Å². The Morgan fingerprint density at radius 3 is 2.50 bits per heavy atom. The number of hydrogen-bond donors (Lipinski definition) is 2. The number of hydrogen-bond acceptors (Lipinski definition) is 5. The van der Waals surface area contributed by atoms with Crippen LogP contribution in [0.3, 0.4) is 0 Å². The molecule has 2 aromatic carbocycles.